The van der Waals surface area contributed by atoms with Crippen LogP contribution in [0, 0.1) is 5.82 Å². The van der Waals surface area contributed by atoms with Crippen LogP contribution in [-0.4, -0.2) is 23.9 Å². The van der Waals surface area contributed by atoms with Crippen LogP contribution in [0.15, 0.2) is 29.3 Å². The van der Waals surface area contributed by atoms with Crippen LogP contribution in [0.4, 0.5) is 10.1 Å². The standard InChI is InChI=1S/C10H9FN2OS/c11-8-1-3-9(4-2-8)13(7-14)10-12-5-6-15-10/h1-4,7H,5-6H2. The van der Waals surface area contributed by atoms with Gasteiger partial charge in [0.2, 0.25) is 6.41 Å². The van der Waals surface area contributed by atoms with Crippen molar-refractivity contribution in [2.75, 3.05) is 17.2 Å². The lowest BCUT2D eigenvalue weighted by Crippen LogP contribution is -2.25. The molecule has 1 heterocycles. The number of nitrogens with zero attached hydrogens (tertiary/aromatic N) is 2. The first-order chi connectivity index (χ1) is 7.31. The number of carbonyl (C=O) groups is 1. The van der Waals surface area contributed by atoms with E-state index in [0.717, 1.165) is 12.3 Å². The molecule has 2 rings (SSSR count). The van der Waals surface area contributed by atoms with Gasteiger partial charge in [0.05, 0.1) is 12.2 Å². The predicted molar refractivity (Wildman–Crippen MR) is 59.7 cm³/mol. The lowest BCUT2D eigenvalue weighted by molar-refractivity contribution is -0.106. The van der Waals surface area contributed by atoms with E-state index in [2.05, 4.69) is 4.99 Å². The molecule has 0 aliphatic carbocycles. The van der Waals surface area contributed by atoms with Gasteiger partial charge in [0, 0.05) is 5.75 Å². The van der Waals surface area contributed by atoms with Gasteiger partial charge >= 0.3 is 0 Å². The Labute approximate surface area is 91.0 Å². The molecule has 0 N–H and O–H groups in total. The number of halogens is 1. The molecule has 3 nitrogen and oxygen atoms in total. The van der Waals surface area contributed by atoms with E-state index in [1.165, 1.54) is 28.8 Å². The van der Waals surface area contributed by atoms with E-state index in [9.17, 15) is 9.18 Å². The molecule has 1 amide bonds. The first-order valence-electron chi connectivity index (χ1n) is 4.48. The van der Waals surface area contributed by atoms with Crippen LogP contribution in [0.25, 0.3) is 0 Å². The van der Waals surface area contributed by atoms with Gasteiger partial charge in [0.1, 0.15) is 5.82 Å². The summed E-state index contributed by atoms with van der Waals surface area (Å²) in [6, 6.07) is 5.77. The molecule has 78 valence electrons. The van der Waals surface area contributed by atoms with Crippen LogP contribution < -0.4 is 4.90 Å². The Morgan fingerprint density at radius 3 is 2.67 bits per heavy atom. The molecular weight excluding hydrogens is 215 g/mol. The van der Waals surface area contributed by atoms with E-state index in [-0.39, 0.29) is 5.82 Å². The highest BCUT2D eigenvalue weighted by Crippen LogP contribution is 2.21. The van der Waals surface area contributed by atoms with Crippen LogP contribution >= 0.6 is 11.8 Å². The molecule has 1 aliphatic heterocycles. The summed E-state index contributed by atoms with van der Waals surface area (Å²) in [5, 5.41) is 0.677. The maximum Gasteiger partial charge on any atom is 0.220 e. The van der Waals surface area contributed by atoms with Gasteiger partial charge in [-0.25, -0.2) is 4.39 Å². The summed E-state index contributed by atoms with van der Waals surface area (Å²) in [5.41, 5.74) is 0.638. The van der Waals surface area contributed by atoms with Crippen LogP contribution in [0.2, 0.25) is 0 Å². The molecule has 15 heavy (non-hydrogen) atoms. The van der Waals surface area contributed by atoms with Crippen LogP contribution in [0.5, 0.6) is 0 Å². The van der Waals surface area contributed by atoms with E-state index >= 15 is 0 Å². The lowest BCUT2D eigenvalue weighted by atomic mass is 10.3. The van der Waals surface area contributed by atoms with E-state index in [1.54, 1.807) is 12.1 Å². The Balaban J connectivity index is 2.26. The van der Waals surface area contributed by atoms with Gasteiger partial charge < -0.3 is 0 Å². The van der Waals surface area contributed by atoms with Gasteiger partial charge in [0.15, 0.2) is 5.17 Å². The highest BCUT2D eigenvalue weighted by atomic mass is 32.2. The molecule has 1 aliphatic rings. The van der Waals surface area contributed by atoms with Crippen LogP contribution in [0.3, 0.4) is 0 Å². The molecule has 0 radical (unpaired) electrons. The van der Waals surface area contributed by atoms with E-state index in [4.69, 9.17) is 0 Å². The number of benzene rings is 1. The molecule has 0 fully saturated rings. The predicted octanol–water partition coefficient (Wildman–Crippen LogP) is 1.89. The summed E-state index contributed by atoms with van der Waals surface area (Å²) in [6.45, 7) is 0.728. The Morgan fingerprint density at radius 2 is 2.13 bits per heavy atom. The van der Waals surface area contributed by atoms with Gasteiger partial charge in [-0.05, 0) is 24.3 Å². The number of hydrogen-bond donors (Lipinski definition) is 0. The quantitative estimate of drug-likeness (QED) is 0.719. The Kier molecular flexibility index (Phi) is 3.01. The fourth-order valence-electron chi connectivity index (χ4n) is 1.29. The Morgan fingerprint density at radius 1 is 1.40 bits per heavy atom. The van der Waals surface area contributed by atoms with Gasteiger partial charge in [0.25, 0.3) is 0 Å². The third kappa shape index (κ3) is 2.18. The van der Waals surface area contributed by atoms with Gasteiger partial charge in [-0.15, -0.1) is 0 Å². The van der Waals surface area contributed by atoms with E-state index < -0.39 is 0 Å². The SMILES string of the molecule is O=CN(C1=NCCS1)c1ccc(F)cc1. The summed E-state index contributed by atoms with van der Waals surface area (Å²) in [4.78, 5) is 16.5. The number of aliphatic imine (C=N–C) groups is 1. The van der Waals surface area contributed by atoms with Gasteiger partial charge in [-0.3, -0.25) is 14.7 Å². The van der Waals surface area contributed by atoms with Crippen molar-refractivity contribution in [2.45, 2.75) is 0 Å². The van der Waals surface area contributed by atoms with Crippen molar-refractivity contribution < 1.29 is 9.18 Å². The maximum absolute atomic E-state index is 12.7. The zero-order valence-electron chi connectivity index (χ0n) is 7.89. The lowest BCUT2D eigenvalue weighted by Gasteiger charge is -2.15. The van der Waals surface area contributed by atoms with E-state index in [1.807, 2.05) is 0 Å². The van der Waals surface area contributed by atoms with Crippen molar-refractivity contribution >= 4 is 29.0 Å². The minimum absolute atomic E-state index is 0.314. The minimum atomic E-state index is -0.314. The molecule has 0 bridgehead atoms. The average molecular weight is 224 g/mol. The molecule has 1 aromatic rings. The average Bonchev–Trinajstić information content (AvgIpc) is 2.75. The summed E-state index contributed by atoms with van der Waals surface area (Å²) in [6.07, 6.45) is 0.699. The first-order valence-corrected chi connectivity index (χ1v) is 5.47. The summed E-state index contributed by atoms with van der Waals surface area (Å²) >= 11 is 1.53. The summed E-state index contributed by atoms with van der Waals surface area (Å²) in [7, 11) is 0. The van der Waals surface area contributed by atoms with Crippen LogP contribution in [-0.2, 0) is 4.79 Å². The number of anilines is 1. The van der Waals surface area contributed by atoms with Crippen LogP contribution in [0.1, 0.15) is 0 Å². The molecule has 1 aromatic carbocycles. The molecular formula is C10H9FN2OS. The van der Waals surface area contributed by atoms with Crippen molar-refractivity contribution in [1.29, 1.82) is 0 Å². The molecule has 5 heteroatoms. The number of hydrogen-bond acceptors (Lipinski definition) is 3. The number of thioether (sulfide) groups is 1. The van der Waals surface area contributed by atoms with Crippen molar-refractivity contribution in [2.24, 2.45) is 4.99 Å². The molecule has 0 unspecified atom stereocenters. The Hall–Kier alpha value is -1.36. The highest BCUT2D eigenvalue weighted by Gasteiger charge is 2.16. The fraction of sp³-hybridized carbons (Fsp3) is 0.200. The molecule has 0 spiro atoms. The second kappa shape index (κ2) is 4.44. The van der Waals surface area contributed by atoms with E-state index in [0.29, 0.717) is 17.3 Å². The normalized spacial score (nSPS) is 14.9. The third-order valence-electron chi connectivity index (χ3n) is 1.99. The summed E-state index contributed by atoms with van der Waals surface area (Å²) < 4.78 is 12.7. The number of rotatable bonds is 2. The second-order valence-corrected chi connectivity index (χ2v) is 4.03. The summed E-state index contributed by atoms with van der Waals surface area (Å²) in [5.74, 6) is 0.576. The zero-order valence-corrected chi connectivity index (χ0v) is 8.71. The van der Waals surface area contributed by atoms with Crippen molar-refractivity contribution in [3.05, 3.63) is 30.1 Å². The number of carbonyl (C=O) groups excluding carboxylic acids is 1. The second-order valence-electron chi connectivity index (χ2n) is 2.96. The molecule has 0 saturated heterocycles. The number of amides is 1. The number of amidine groups is 1. The van der Waals surface area contributed by atoms with Crippen molar-refractivity contribution in [3.8, 4) is 0 Å². The fourth-order valence-corrected chi connectivity index (χ4v) is 2.12. The van der Waals surface area contributed by atoms with Crippen molar-refractivity contribution in [1.82, 2.24) is 0 Å². The molecule has 0 aromatic heterocycles. The monoisotopic (exact) mass is 224 g/mol. The largest absolute Gasteiger partial charge is 0.278 e. The zero-order chi connectivity index (χ0) is 10.7. The van der Waals surface area contributed by atoms with Gasteiger partial charge in [-0.1, -0.05) is 11.8 Å². The Bertz CT molecular complexity index is 391. The topological polar surface area (TPSA) is 32.7 Å². The highest BCUT2D eigenvalue weighted by molar-refractivity contribution is 8.14. The smallest absolute Gasteiger partial charge is 0.220 e. The van der Waals surface area contributed by atoms with Gasteiger partial charge in [-0.2, -0.15) is 0 Å². The first kappa shape index (κ1) is 10.2. The minimum Gasteiger partial charge on any atom is -0.278 e. The third-order valence-corrected chi connectivity index (χ3v) is 2.96. The molecule has 0 saturated carbocycles. The maximum atomic E-state index is 12.7. The molecule has 0 atom stereocenters. The van der Waals surface area contributed by atoms with Crippen molar-refractivity contribution in [3.63, 3.8) is 0 Å².